The van der Waals surface area contributed by atoms with E-state index >= 15 is 0 Å². The number of hydrogen-bond donors (Lipinski definition) is 1. The van der Waals surface area contributed by atoms with Crippen molar-refractivity contribution >= 4 is 39.1 Å². The molecule has 2 aromatic rings. The molecule has 196 valence electrons. The summed E-state index contributed by atoms with van der Waals surface area (Å²) < 4.78 is 45.4. The van der Waals surface area contributed by atoms with Gasteiger partial charge in [-0.1, -0.05) is 23.2 Å². The molecule has 2 aromatic carbocycles. The Hall–Kier alpha value is -1.87. The van der Waals surface area contributed by atoms with Crippen LogP contribution < -0.4 is 9.46 Å². The Balaban J connectivity index is 1.38. The van der Waals surface area contributed by atoms with Gasteiger partial charge >= 0.3 is 0 Å². The Morgan fingerprint density at radius 1 is 1.17 bits per heavy atom. The molecule has 1 N–H and O–H groups in total. The van der Waals surface area contributed by atoms with Crippen LogP contribution in [0.5, 0.6) is 5.75 Å². The predicted molar refractivity (Wildman–Crippen MR) is 140 cm³/mol. The van der Waals surface area contributed by atoms with Crippen molar-refractivity contribution in [3.8, 4) is 5.75 Å². The molecule has 36 heavy (non-hydrogen) atoms. The molecule has 2 aliphatic rings. The molecule has 0 bridgehead atoms. The van der Waals surface area contributed by atoms with E-state index < -0.39 is 21.7 Å². The third-order valence-corrected chi connectivity index (χ3v) is 7.88. The first-order chi connectivity index (χ1) is 17.0. The number of hydrogen-bond acceptors (Lipinski definition) is 5. The number of sulfonamides is 1. The topological polar surface area (TPSA) is 75.7 Å². The average molecular weight is 558 g/mol. The smallest absolute Gasteiger partial charge is 0.267 e. The number of carbonyl (C=O) groups excluding carboxylic acids is 1. The molecule has 0 unspecified atom stereocenters. The minimum absolute atomic E-state index is 0.186. The number of benzene rings is 2. The molecule has 4 rings (SSSR count). The SMILES string of the molecule is C[C@H](c1cc(Cl)cc(Cl)c1)N1CCC[C@@H](CCOc2cc(F)c(C(=O)NS(C)(=O)=O)cc2C2CC2)C1. The van der Waals surface area contributed by atoms with Gasteiger partial charge in [0.15, 0.2) is 0 Å². The molecule has 2 fully saturated rings. The van der Waals surface area contributed by atoms with Crippen LogP contribution in [0.2, 0.25) is 10.0 Å². The number of halogens is 3. The summed E-state index contributed by atoms with van der Waals surface area (Å²) in [6.07, 6.45) is 5.71. The first-order valence-corrected chi connectivity index (χ1v) is 14.8. The summed E-state index contributed by atoms with van der Waals surface area (Å²) in [4.78, 5) is 14.7. The number of ether oxygens (including phenoxy) is 1. The lowest BCUT2D eigenvalue weighted by Gasteiger charge is -2.37. The Kier molecular flexibility index (Phi) is 8.49. The standard InChI is InChI=1S/C26H31Cl2FN2O4S/c1-16(19-10-20(27)12-21(28)11-19)31-8-3-4-17(15-31)7-9-35-25-14-24(29)23(13-22(25)18-5-6-18)26(32)30-36(2,33)34/h10-14,16-18H,3-9,15H2,1-2H3,(H,30,32)/t16-,17+/m1/s1. The number of nitrogens with zero attached hydrogens (tertiary/aromatic N) is 1. The monoisotopic (exact) mass is 556 g/mol. The van der Waals surface area contributed by atoms with Crippen LogP contribution in [0.3, 0.4) is 0 Å². The average Bonchev–Trinajstić information content (AvgIpc) is 3.62. The van der Waals surface area contributed by atoms with Crippen LogP contribution in [0.25, 0.3) is 0 Å². The fourth-order valence-corrected chi connectivity index (χ4v) is 5.84. The van der Waals surface area contributed by atoms with Crippen LogP contribution >= 0.6 is 23.2 Å². The molecular formula is C26H31Cl2FN2O4S. The molecule has 1 amide bonds. The van der Waals surface area contributed by atoms with Gasteiger partial charge in [-0.15, -0.1) is 0 Å². The molecule has 0 aromatic heterocycles. The Bertz CT molecular complexity index is 1220. The number of amides is 1. The van der Waals surface area contributed by atoms with Gasteiger partial charge in [-0.3, -0.25) is 9.69 Å². The van der Waals surface area contributed by atoms with Crippen molar-refractivity contribution in [2.75, 3.05) is 26.0 Å². The van der Waals surface area contributed by atoms with E-state index in [1.54, 1.807) is 6.07 Å². The molecule has 1 aliphatic heterocycles. The lowest BCUT2D eigenvalue weighted by Crippen LogP contribution is -2.37. The Labute approximate surface area is 222 Å². The second-order valence-electron chi connectivity index (χ2n) is 9.87. The molecule has 6 nitrogen and oxygen atoms in total. The maximum atomic E-state index is 14.7. The van der Waals surface area contributed by atoms with Crippen LogP contribution in [-0.2, 0) is 10.0 Å². The van der Waals surface area contributed by atoms with Gasteiger partial charge < -0.3 is 4.74 Å². The van der Waals surface area contributed by atoms with Crippen LogP contribution in [-0.4, -0.2) is 45.2 Å². The third kappa shape index (κ3) is 7.12. The maximum absolute atomic E-state index is 14.7. The highest BCUT2D eigenvalue weighted by Gasteiger charge is 2.30. The van der Waals surface area contributed by atoms with Crippen LogP contribution in [0.1, 0.15) is 72.5 Å². The van der Waals surface area contributed by atoms with Crippen LogP contribution in [0.4, 0.5) is 4.39 Å². The van der Waals surface area contributed by atoms with E-state index in [0.717, 1.165) is 62.6 Å². The summed E-state index contributed by atoms with van der Waals surface area (Å²) >= 11 is 12.4. The first-order valence-electron chi connectivity index (χ1n) is 12.2. The second-order valence-corrected chi connectivity index (χ2v) is 12.5. The fourth-order valence-electron chi connectivity index (χ4n) is 4.85. The highest BCUT2D eigenvalue weighted by atomic mass is 35.5. The number of piperidine rings is 1. The van der Waals surface area contributed by atoms with Crippen molar-refractivity contribution in [2.24, 2.45) is 5.92 Å². The minimum atomic E-state index is -3.79. The summed E-state index contributed by atoms with van der Waals surface area (Å²) in [6.45, 7) is 4.51. The minimum Gasteiger partial charge on any atom is -0.493 e. The van der Waals surface area contributed by atoms with E-state index in [0.29, 0.717) is 28.3 Å². The molecule has 1 heterocycles. The van der Waals surface area contributed by atoms with Crippen molar-refractivity contribution in [1.82, 2.24) is 9.62 Å². The van der Waals surface area contributed by atoms with Gasteiger partial charge in [-0.2, -0.15) is 0 Å². The van der Waals surface area contributed by atoms with Gasteiger partial charge in [0.25, 0.3) is 5.91 Å². The molecular weight excluding hydrogens is 526 g/mol. The van der Waals surface area contributed by atoms with Crippen molar-refractivity contribution in [3.63, 3.8) is 0 Å². The third-order valence-electron chi connectivity index (χ3n) is 6.89. The first kappa shape index (κ1) is 27.2. The largest absolute Gasteiger partial charge is 0.493 e. The molecule has 2 atom stereocenters. The molecule has 0 radical (unpaired) electrons. The fraction of sp³-hybridized carbons (Fsp3) is 0.500. The van der Waals surface area contributed by atoms with Crippen molar-refractivity contribution in [3.05, 3.63) is 62.9 Å². The number of likely N-dealkylation sites (tertiary alicyclic amines) is 1. The summed E-state index contributed by atoms with van der Waals surface area (Å²) in [5.41, 5.74) is 1.56. The summed E-state index contributed by atoms with van der Waals surface area (Å²) in [5, 5.41) is 1.26. The van der Waals surface area contributed by atoms with E-state index in [4.69, 9.17) is 27.9 Å². The van der Waals surface area contributed by atoms with Crippen molar-refractivity contribution in [2.45, 2.75) is 51.0 Å². The van der Waals surface area contributed by atoms with E-state index in [2.05, 4.69) is 11.8 Å². The number of carbonyl (C=O) groups is 1. The normalized spacial score (nSPS) is 19.6. The zero-order valence-corrected chi connectivity index (χ0v) is 22.7. The number of nitrogens with one attached hydrogen (secondary N) is 1. The zero-order chi connectivity index (χ0) is 26.0. The molecule has 1 saturated heterocycles. The lowest BCUT2D eigenvalue weighted by molar-refractivity contribution is 0.0977. The van der Waals surface area contributed by atoms with Crippen molar-refractivity contribution in [1.29, 1.82) is 0 Å². The van der Waals surface area contributed by atoms with Gasteiger partial charge in [0.2, 0.25) is 10.0 Å². The zero-order valence-electron chi connectivity index (χ0n) is 20.4. The highest BCUT2D eigenvalue weighted by molar-refractivity contribution is 7.89. The van der Waals surface area contributed by atoms with Gasteiger partial charge in [0, 0.05) is 28.7 Å². The highest BCUT2D eigenvalue weighted by Crippen LogP contribution is 2.45. The molecule has 1 aliphatic carbocycles. The predicted octanol–water partition coefficient (Wildman–Crippen LogP) is 5.94. The van der Waals surface area contributed by atoms with Crippen molar-refractivity contribution < 1.29 is 22.3 Å². The van der Waals surface area contributed by atoms with Crippen LogP contribution in [0.15, 0.2) is 30.3 Å². The van der Waals surface area contributed by atoms with Gasteiger partial charge in [0.05, 0.1) is 18.4 Å². The lowest BCUT2D eigenvalue weighted by atomic mass is 9.93. The summed E-state index contributed by atoms with van der Waals surface area (Å²) in [7, 11) is -3.79. The van der Waals surface area contributed by atoms with E-state index in [1.807, 2.05) is 16.9 Å². The quantitative estimate of drug-likeness (QED) is 0.413. The second kappa shape index (κ2) is 11.3. The van der Waals surface area contributed by atoms with Gasteiger partial charge in [-0.05, 0) is 92.8 Å². The molecule has 1 saturated carbocycles. The summed E-state index contributed by atoms with van der Waals surface area (Å²) in [6, 6.07) is 8.48. The Morgan fingerprint density at radius 2 is 1.86 bits per heavy atom. The Morgan fingerprint density at radius 3 is 2.50 bits per heavy atom. The van der Waals surface area contributed by atoms with Gasteiger partial charge in [-0.25, -0.2) is 17.5 Å². The van der Waals surface area contributed by atoms with Gasteiger partial charge in [0.1, 0.15) is 11.6 Å². The maximum Gasteiger partial charge on any atom is 0.267 e. The summed E-state index contributed by atoms with van der Waals surface area (Å²) in [5.74, 6) is -0.708. The van der Waals surface area contributed by atoms with Crippen LogP contribution in [0, 0.1) is 11.7 Å². The molecule has 0 spiro atoms. The van der Waals surface area contributed by atoms with E-state index in [1.165, 1.54) is 12.1 Å². The van der Waals surface area contributed by atoms with E-state index in [-0.39, 0.29) is 17.5 Å². The van der Waals surface area contributed by atoms with E-state index in [9.17, 15) is 17.6 Å². The number of rotatable bonds is 9. The molecule has 10 heteroatoms.